The van der Waals surface area contributed by atoms with Crippen LogP contribution in [0.15, 0.2) is 22.7 Å². The number of amides is 1. The molecule has 8 nitrogen and oxygen atoms in total. The zero-order valence-electron chi connectivity index (χ0n) is 17.5. The fourth-order valence-electron chi connectivity index (χ4n) is 3.77. The third kappa shape index (κ3) is 4.51. The molecule has 1 fully saturated rings. The Hall–Kier alpha value is -2.81. The van der Waals surface area contributed by atoms with Gasteiger partial charge in [-0.05, 0) is 45.2 Å². The summed E-state index contributed by atoms with van der Waals surface area (Å²) in [5.74, 6) is 1.81. The first-order chi connectivity index (χ1) is 14.5. The van der Waals surface area contributed by atoms with Gasteiger partial charge in [0.1, 0.15) is 16.6 Å². The minimum absolute atomic E-state index is 0.115. The third-order valence-corrected chi connectivity index (χ3v) is 6.46. The number of nitrogens with one attached hydrogen (secondary N) is 1. The smallest absolute Gasteiger partial charge is 0.227 e. The van der Waals surface area contributed by atoms with Crippen molar-refractivity contribution in [1.29, 1.82) is 0 Å². The molecule has 4 heterocycles. The summed E-state index contributed by atoms with van der Waals surface area (Å²) in [5, 5.41) is 17.2. The highest BCUT2D eigenvalue weighted by Gasteiger charge is 2.27. The van der Waals surface area contributed by atoms with Crippen LogP contribution in [-0.4, -0.2) is 44.2 Å². The Labute approximate surface area is 179 Å². The molecule has 0 radical (unpaired) electrons. The Morgan fingerprint density at radius 1 is 1.33 bits per heavy atom. The second-order valence-electron chi connectivity index (χ2n) is 7.59. The maximum Gasteiger partial charge on any atom is 0.227 e. The van der Waals surface area contributed by atoms with Gasteiger partial charge in [-0.15, -0.1) is 10.2 Å². The first kappa shape index (κ1) is 20.5. The van der Waals surface area contributed by atoms with Gasteiger partial charge in [0.25, 0.3) is 0 Å². The lowest BCUT2D eigenvalue weighted by atomic mass is 9.93. The summed E-state index contributed by atoms with van der Waals surface area (Å²) in [4.78, 5) is 19.6. The van der Waals surface area contributed by atoms with Crippen LogP contribution in [0.5, 0.6) is 0 Å². The number of hydrogen-bond acceptors (Lipinski definition) is 8. The number of pyridine rings is 1. The second kappa shape index (κ2) is 8.91. The monoisotopic (exact) mass is 426 g/mol. The van der Waals surface area contributed by atoms with Gasteiger partial charge in [-0.25, -0.2) is 4.98 Å². The molecule has 0 aromatic carbocycles. The third-order valence-electron chi connectivity index (χ3n) is 5.48. The average Bonchev–Trinajstić information content (AvgIpc) is 3.35. The Balaban J connectivity index is 1.43. The van der Waals surface area contributed by atoms with Crippen molar-refractivity contribution >= 4 is 28.2 Å². The van der Waals surface area contributed by atoms with E-state index in [-0.39, 0.29) is 11.8 Å². The quantitative estimate of drug-likeness (QED) is 0.640. The lowest BCUT2D eigenvalue weighted by Crippen LogP contribution is -2.40. The number of rotatable bonds is 6. The van der Waals surface area contributed by atoms with Crippen molar-refractivity contribution in [3.05, 3.63) is 45.9 Å². The molecule has 3 aromatic heterocycles. The number of aromatic nitrogens is 4. The van der Waals surface area contributed by atoms with Crippen LogP contribution >= 0.6 is 11.3 Å². The van der Waals surface area contributed by atoms with Crippen molar-refractivity contribution in [2.24, 2.45) is 0 Å². The van der Waals surface area contributed by atoms with Crippen LogP contribution in [0.1, 0.15) is 53.4 Å². The molecule has 30 heavy (non-hydrogen) atoms. The van der Waals surface area contributed by atoms with Gasteiger partial charge in [0.15, 0.2) is 0 Å². The van der Waals surface area contributed by atoms with Crippen LogP contribution in [0.4, 0.5) is 10.9 Å². The van der Waals surface area contributed by atoms with Crippen LogP contribution < -0.4 is 5.32 Å². The van der Waals surface area contributed by atoms with Crippen molar-refractivity contribution < 1.29 is 9.32 Å². The molecular weight excluding hydrogens is 400 g/mol. The second-order valence-corrected chi connectivity index (χ2v) is 8.65. The fraction of sp³-hybridized carbons (Fsp3) is 0.476. The molecule has 1 aliphatic heterocycles. The molecule has 1 N–H and O–H groups in total. The number of likely N-dealkylation sites (tertiary alicyclic amines) is 1. The molecule has 4 rings (SSSR count). The van der Waals surface area contributed by atoms with E-state index in [2.05, 4.69) is 27.6 Å². The minimum Gasteiger partial charge on any atom is -0.361 e. The molecule has 0 aliphatic carbocycles. The van der Waals surface area contributed by atoms with Gasteiger partial charge < -0.3 is 14.7 Å². The molecule has 1 saturated heterocycles. The number of carbonyl (C=O) groups excluding carboxylic acids is 1. The van der Waals surface area contributed by atoms with Gasteiger partial charge in [0, 0.05) is 30.3 Å². The van der Waals surface area contributed by atoms with Gasteiger partial charge in [-0.2, -0.15) is 0 Å². The number of aryl methyl sites for hydroxylation is 3. The van der Waals surface area contributed by atoms with Crippen molar-refractivity contribution in [3.63, 3.8) is 0 Å². The summed E-state index contributed by atoms with van der Waals surface area (Å²) >= 11 is 1.54. The maximum absolute atomic E-state index is 12.9. The molecule has 9 heteroatoms. The van der Waals surface area contributed by atoms with Crippen LogP contribution in [0.2, 0.25) is 0 Å². The van der Waals surface area contributed by atoms with Gasteiger partial charge >= 0.3 is 0 Å². The van der Waals surface area contributed by atoms with E-state index in [0.29, 0.717) is 13.0 Å². The first-order valence-electron chi connectivity index (χ1n) is 10.3. The lowest BCUT2D eigenvalue weighted by molar-refractivity contribution is -0.131. The van der Waals surface area contributed by atoms with Crippen molar-refractivity contribution in [2.45, 2.75) is 52.4 Å². The molecule has 1 aliphatic rings. The zero-order chi connectivity index (χ0) is 21.1. The Morgan fingerprint density at radius 3 is 2.93 bits per heavy atom. The standard InChI is InChI=1S/C21H26N6O2S/c1-4-19-24-25-21(30-19)23-18-9-5-8-17(22-18)15-7-6-10-27(12-15)20(28)11-16-13(2)26-29-14(16)3/h5,8-9,15H,4,6-7,10-12H2,1-3H3,(H,22,23,25)/t15-/m0/s1. The molecule has 1 amide bonds. The topological polar surface area (TPSA) is 97.0 Å². The minimum atomic E-state index is 0.115. The summed E-state index contributed by atoms with van der Waals surface area (Å²) in [6, 6.07) is 5.96. The van der Waals surface area contributed by atoms with Crippen molar-refractivity contribution in [3.8, 4) is 0 Å². The van der Waals surface area contributed by atoms with E-state index in [4.69, 9.17) is 9.51 Å². The highest BCUT2D eigenvalue weighted by atomic mass is 32.1. The summed E-state index contributed by atoms with van der Waals surface area (Å²) in [7, 11) is 0. The summed E-state index contributed by atoms with van der Waals surface area (Å²) in [6.45, 7) is 7.25. The highest BCUT2D eigenvalue weighted by molar-refractivity contribution is 7.15. The van der Waals surface area contributed by atoms with Crippen molar-refractivity contribution in [2.75, 3.05) is 18.4 Å². The summed E-state index contributed by atoms with van der Waals surface area (Å²) in [5.41, 5.74) is 2.68. The van der Waals surface area contributed by atoms with E-state index in [1.807, 2.05) is 36.9 Å². The molecule has 1 atom stereocenters. The lowest BCUT2D eigenvalue weighted by Gasteiger charge is -2.32. The van der Waals surface area contributed by atoms with Crippen LogP contribution in [0.3, 0.4) is 0 Å². The van der Waals surface area contributed by atoms with E-state index >= 15 is 0 Å². The molecule has 0 saturated carbocycles. The normalized spacial score (nSPS) is 16.6. The molecule has 0 spiro atoms. The molecular formula is C21H26N6O2S. The predicted molar refractivity (Wildman–Crippen MR) is 115 cm³/mol. The number of anilines is 2. The molecule has 0 unspecified atom stereocenters. The van der Waals surface area contributed by atoms with Gasteiger partial charge in [-0.3, -0.25) is 4.79 Å². The fourth-order valence-corrected chi connectivity index (χ4v) is 4.45. The maximum atomic E-state index is 12.9. The van der Waals surface area contributed by atoms with Crippen LogP contribution in [-0.2, 0) is 17.6 Å². The first-order valence-corrected chi connectivity index (χ1v) is 11.1. The van der Waals surface area contributed by atoms with E-state index in [0.717, 1.165) is 64.5 Å². The Bertz CT molecular complexity index is 1010. The van der Waals surface area contributed by atoms with Crippen LogP contribution in [0, 0.1) is 13.8 Å². The number of piperidine rings is 1. The van der Waals surface area contributed by atoms with E-state index < -0.39 is 0 Å². The number of carbonyl (C=O) groups is 1. The number of hydrogen-bond donors (Lipinski definition) is 1. The van der Waals surface area contributed by atoms with Crippen molar-refractivity contribution in [1.82, 2.24) is 25.2 Å². The Kier molecular flexibility index (Phi) is 6.08. The van der Waals surface area contributed by atoms with E-state index in [1.165, 1.54) is 11.3 Å². The summed E-state index contributed by atoms with van der Waals surface area (Å²) < 4.78 is 5.20. The van der Waals surface area contributed by atoms with E-state index in [1.54, 1.807) is 0 Å². The SMILES string of the molecule is CCc1nnc(Nc2cccc([C@H]3CCCN(C(=O)Cc4c(C)noc4C)C3)n2)s1. The molecule has 0 bridgehead atoms. The van der Waals surface area contributed by atoms with Gasteiger partial charge in [-0.1, -0.05) is 29.5 Å². The average molecular weight is 427 g/mol. The van der Waals surface area contributed by atoms with Crippen LogP contribution in [0.25, 0.3) is 0 Å². The predicted octanol–water partition coefficient (Wildman–Crippen LogP) is 3.79. The van der Waals surface area contributed by atoms with Gasteiger partial charge in [0.05, 0.1) is 12.1 Å². The van der Waals surface area contributed by atoms with E-state index in [9.17, 15) is 4.79 Å². The zero-order valence-corrected chi connectivity index (χ0v) is 18.3. The molecule has 3 aromatic rings. The van der Waals surface area contributed by atoms with Gasteiger partial charge in [0.2, 0.25) is 11.0 Å². The Morgan fingerprint density at radius 2 is 2.20 bits per heavy atom. The highest BCUT2D eigenvalue weighted by Crippen LogP contribution is 2.28. The largest absolute Gasteiger partial charge is 0.361 e. The summed E-state index contributed by atoms with van der Waals surface area (Å²) in [6.07, 6.45) is 3.18. The number of nitrogens with zero attached hydrogens (tertiary/aromatic N) is 5. The molecule has 158 valence electrons.